The molecule has 0 saturated heterocycles. The summed E-state index contributed by atoms with van der Waals surface area (Å²) in [4.78, 5) is 20.4. The van der Waals surface area contributed by atoms with Crippen LogP contribution in [-0.2, 0) is 17.8 Å². The Labute approximate surface area is 167 Å². The summed E-state index contributed by atoms with van der Waals surface area (Å²) in [5.41, 5.74) is 10.3. The lowest BCUT2D eigenvalue weighted by Crippen LogP contribution is -2.14. The zero-order valence-electron chi connectivity index (χ0n) is 16.3. The van der Waals surface area contributed by atoms with Crippen LogP contribution in [-0.4, -0.2) is 24.8 Å². The van der Waals surface area contributed by atoms with Crippen molar-refractivity contribution in [2.45, 2.75) is 26.8 Å². The number of primary amides is 1. The molecule has 7 heteroatoms. The van der Waals surface area contributed by atoms with E-state index in [2.05, 4.69) is 28.4 Å². The van der Waals surface area contributed by atoms with E-state index in [0.29, 0.717) is 5.92 Å². The fourth-order valence-corrected chi connectivity index (χ4v) is 3.52. The van der Waals surface area contributed by atoms with Crippen molar-refractivity contribution in [2.24, 2.45) is 11.7 Å². The molecule has 29 heavy (non-hydrogen) atoms. The number of aromatic nitrogens is 4. The summed E-state index contributed by atoms with van der Waals surface area (Å²) in [5, 5.41) is 0. The molecule has 0 fully saturated rings. The lowest BCUT2D eigenvalue weighted by molar-refractivity contribution is -0.117. The topological polar surface area (TPSA) is 78.2 Å². The van der Waals surface area contributed by atoms with Gasteiger partial charge in [0, 0.05) is 30.1 Å². The third-order valence-electron chi connectivity index (χ3n) is 4.73. The molecule has 0 aliphatic rings. The zero-order chi connectivity index (χ0) is 20.5. The van der Waals surface area contributed by atoms with Gasteiger partial charge in [-0.1, -0.05) is 13.8 Å². The number of carbonyl (C=O) groups excluding carboxylic acids is 1. The molecule has 0 atom stereocenters. The van der Waals surface area contributed by atoms with E-state index < -0.39 is 5.91 Å². The van der Waals surface area contributed by atoms with Gasteiger partial charge in [0.15, 0.2) is 0 Å². The summed E-state index contributed by atoms with van der Waals surface area (Å²) < 4.78 is 17.4. The molecule has 0 saturated carbocycles. The molecule has 0 unspecified atom stereocenters. The van der Waals surface area contributed by atoms with E-state index >= 15 is 0 Å². The molecule has 4 aromatic rings. The number of amides is 1. The Bertz CT molecular complexity index is 1170. The van der Waals surface area contributed by atoms with Crippen LogP contribution in [0, 0.1) is 11.7 Å². The van der Waals surface area contributed by atoms with E-state index in [4.69, 9.17) is 5.73 Å². The van der Waals surface area contributed by atoms with Gasteiger partial charge in [-0.25, -0.2) is 14.4 Å². The highest BCUT2D eigenvalue weighted by Crippen LogP contribution is 2.32. The van der Waals surface area contributed by atoms with E-state index in [1.807, 2.05) is 29.1 Å². The van der Waals surface area contributed by atoms with Crippen LogP contribution in [0.1, 0.15) is 19.5 Å². The molecule has 0 bridgehead atoms. The second-order valence-corrected chi connectivity index (χ2v) is 7.53. The fraction of sp³-hybridized carbons (Fsp3) is 0.227. The van der Waals surface area contributed by atoms with Crippen molar-refractivity contribution >= 4 is 11.6 Å². The average molecular weight is 391 g/mol. The van der Waals surface area contributed by atoms with Crippen molar-refractivity contribution in [3.05, 3.63) is 66.6 Å². The van der Waals surface area contributed by atoms with Crippen molar-refractivity contribution in [1.29, 1.82) is 0 Å². The number of carbonyl (C=O) groups is 1. The average Bonchev–Trinajstić information content (AvgIpc) is 3.25. The summed E-state index contributed by atoms with van der Waals surface area (Å²) in [6.07, 6.45) is 5.54. The molecule has 2 N–H and O–H groups in total. The highest BCUT2D eigenvalue weighted by atomic mass is 19.1. The Balaban J connectivity index is 1.89. The number of imidazole rings is 2. The predicted molar refractivity (Wildman–Crippen MR) is 110 cm³/mol. The van der Waals surface area contributed by atoms with Crippen molar-refractivity contribution in [3.63, 3.8) is 0 Å². The zero-order valence-corrected chi connectivity index (χ0v) is 16.3. The normalized spacial score (nSPS) is 11.4. The minimum atomic E-state index is -0.408. The molecule has 0 aliphatic carbocycles. The second kappa shape index (κ2) is 7.50. The number of rotatable bonds is 6. The monoisotopic (exact) mass is 391 g/mol. The SMILES string of the molecule is CC(C)Cn1cnc(-c2ccc(F)cc2)c1-c1ccc2ncc(CC(N)=O)n2c1. The summed E-state index contributed by atoms with van der Waals surface area (Å²) >= 11 is 0. The predicted octanol–water partition coefficient (Wildman–Crippen LogP) is 3.69. The number of benzene rings is 1. The van der Waals surface area contributed by atoms with Gasteiger partial charge in [0.05, 0.1) is 29.8 Å². The highest BCUT2D eigenvalue weighted by molar-refractivity contribution is 5.79. The van der Waals surface area contributed by atoms with E-state index in [1.54, 1.807) is 18.3 Å². The quantitative estimate of drug-likeness (QED) is 0.544. The van der Waals surface area contributed by atoms with Crippen LogP contribution in [0.2, 0.25) is 0 Å². The van der Waals surface area contributed by atoms with Crippen LogP contribution in [0.15, 0.2) is 55.1 Å². The molecular weight excluding hydrogens is 369 g/mol. The number of halogens is 1. The molecule has 6 nitrogen and oxygen atoms in total. The third-order valence-corrected chi connectivity index (χ3v) is 4.73. The number of pyridine rings is 1. The molecule has 0 radical (unpaired) electrons. The smallest absolute Gasteiger partial charge is 0.223 e. The summed E-state index contributed by atoms with van der Waals surface area (Å²) in [6, 6.07) is 10.2. The number of hydrogen-bond acceptors (Lipinski definition) is 3. The Hall–Kier alpha value is -3.48. The highest BCUT2D eigenvalue weighted by Gasteiger charge is 2.17. The first-order valence-electron chi connectivity index (χ1n) is 9.48. The van der Waals surface area contributed by atoms with Crippen LogP contribution < -0.4 is 5.73 Å². The molecule has 1 amide bonds. The van der Waals surface area contributed by atoms with E-state index in [9.17, 15) is 9.18 Å². The molecule has 4 rings (SSSR count). The number of fused-ring (bicyclic) bond motifs is 1. The minimum Gasteiger partial charge on any atom is -0.369 e. The van der Waals surface area contributed by atoms with Gasteiger partial charge in [-0.3, -0.25) is 4.79 Å². The second-order valence-electron chi connectivity index (χ2n) is 7.53. The van der Waals surface area contributed by atoms with Crippen LogP contribution in [0.4, 0.5) is 4.39 Å². The largest absolute Gasteiger partial charge is 0.369 e. The Morgan fingerprint density at radius 2 is 1.83 bits per heavy atom. The Morgan fingerprint density at radius 3 is 2.52 bits per heavy atom. The Morgan fingerprint density at radius 1 is 1.10 bits per heavy atom. The van der Waals surface area contributed by atoms with Crippen LogP contribution in [0.5, 0.6) is 0 Å². The van der Waals surface area contributed by atoms with Crippen molar-refractivity contribution < 1.29 is 9.18 Å². The molecule has 148 valence electrons. The maximum absolute atomic E-state index is 13.4. The molecular formula is C22H22FN5O. The van der Waals surface area contributed by atoms with Gasteiger partial charge >= 0.3 is 0 Å². The lowest BCUT2D eigenvalue weighted by Gasteiger charge is -2.13. The number of hydrogen-bond donors (Lipinski definition) is 1. The molecule has 0 spiro atoms. The fourth-order valence-electron chi connectivity index (χ4n) is 3.52. The molecule has 3 aromatic heterocycles. The van der Waals surface area contributed by atoms with E-state index in [-0.39, 0.29) is 12.2 Å². The van der Waals surface area contributed by atoms with E-state index in [0.717, 1.165) is 40.4 Å². The molecule has 1 aromatic carbocycles. The van der Waals surface area contributed by atoms with Gasteiger partial charge in [0.1, 0.15) is 11.5 Å². The van der Waals surface area contributed by atoms with Crippen LogP contribution in [0.3, 0.4) is 0 Å². The lowest BCUT2D eigenvalue weighted by atomic mass is 10.1. The molecule has 0 aliphatic heterocycles. The van der Waals surface area contributed by atoms with E-state index in [1.165, 1.54) is 12.1 Å². The summed E-state index contributed by atoms with van der Waals surface area (Å²) in [6.45, 7) is 5.08. The number of nitrogens with two attached hydrogens (primary N) is 1. The van der Waals surface area contributed by atoms with Gasteiger partial charge in [0.25, 0.3) is 0 Å². The maximum Gasteiger partial charge on any atom is 0.223 e. The van der Waals surface area contributed by atoms with Gasteiger partial charge in [-0.05, 0) is 42.3 Å². The van der Waals surface area contributed by atoms with Crippen molar-refractivity contribution in [1.82, 2.24) is 18.9 Å². The van der Waals surface area contributed by atoms with Crippen LogP contribution >= 0.6 is 0 Å². The maximum atomic E-state index is 13.4. The van der Waals surface area contributed by atoms with Gasteiger partial charge in [-0.15, -0.1) is 0 Å². The van der Waals surface area contributed by atoms with Gasteiger partial charge < -0.3 is 14.7 Å². The van der Waals surface area contributed by atoms with Crippen molar-refractivity contribution in [3.8, 4) is 22.5 Å². The third kappa shape index (κ3) is 3.76. The van der Waals surface area contributed by atoms with Gasteiger partial charge in [0.2, 0.25) is 5.91 Å². The summed E-state index contributed by atoms with van der Waals surface area (Å²) in [5.74, 6) is -0.270. The first kappa shape index (κ1) is 18.9. The first-order valence-corrected chi connectivity index (χ1v) is 9.48. The standard InChI is InChI=1S/C22H22FN5O/c1-14(2)11-27-13-26-21(15-3-6-17(23)7-4-15)22(27)16-5-8-20-25-10-18(9-19(24)29)28(20)12-16/h3-8,10,12-14H,9,11H2,1-2H3,(H2,24,29). The summed E-state index contributed by atoms with van der Waals surface area (Å²) in [7, 11) is 0. The van der Waals surface area contributed by atoms with Gasteiger partial charge in [-0.2, -0.15) is 0 Å². The van der Waals surface area contributed by atoms with Crippen molar-refractivity contribution in [2.75, 3.05) is 0 Å². The minimum absolute atomic E-state index is 0.112. The number of nitrogens with zero attached hydrogens (tertiary/aromatic N) is 4. The Kier molecular flexibility index (Phi) is 4.88. The van der Waals surface area contributed by atoms with Crippen LogP contribution in [0.25, 0.3) is 28.2 Å². The molecule has 3 heterocycles. The first-order chi connectivity index (χ1) is 13.9.